The highest BCUT2D eigenvalue weighted by Gasteiger charge is 2.14. The van der Waals surface area contributed by atoms with E-state index in [9.17, 15) is 14.7 Å². The van der Waals surface area contributed by atoms with Gasteiger partial charge in [-0.3, -0.25) is 4.79 Å². The first kappa shape index (κ1) is 21.6. The molecule has 3 rings (SSSR count). The zero-order valence-electron chi connectivity index (χ0n) is 15.7. The predicted octanol–water partition coefficient (Wildman–Crippen LogP) is 5.01. The number of nitrogens with zero attached hydrogens (tertiary/aromatic N) is 1. The van der Waals surface area contributed by atoms with Gasteiger partial charge in [0.25, 0.3) is 5.91 Å². The van der Waals surface area contributed by atoms with Crippen LogP contribution < -0.4 is 5.43 Å². The predicted molar refractivity (Wildman–Crippen MR) is 116 cm³/mol. The molecule has 2 N–H and O–H groups in total. The molecule has 0 radical (unpaired) electrons. The largest absolute Gasteiger partial charge is 0.507 e. The fourth-order valence-electron chi connectivity index (χ4n) is 2.53. The van der Waals surface area contributed by atoms with Gasteiger partial charge in [0.1, 0.15) is 17.3 Å². The molecule has 7 nitrogen and oxygen atoms in total. The Kier molecular flexibility index (Phi) is 6.91. The number of amides is 1. The Balaban J connectivity index is 1.72. The van der Waals surface area contributed by atoms with Crippen molar-refractivity contribution in [2.24, 2.45) is 5.10 Å². The van der Waals surface area contributed by atoms with Crippen molar-refractivity contribution in [3.8, 4) is 17.1 Å². The minimum absolute atomic E-state index is 0.0781. The van der Waals surface area contributed by atoms with E-state index in [0.29, 0.717) is 21.6 Å². The van der Waals surface area contributed by atoms with Gasteiger partial charge in [-0.2, -0.15) is 5.10 Å². The fourth-order valence-corrected chi connectivity index (χ4v) is 3.08. The smallest absolute Gasteiger partial charge is 0.339 e. The fraction of sp³-hybridized carbons (Fsp3) is 0.0952. The van der Waals surface area contributed by atoms with Crippen molar-refractivity contribution >= 4 is 45.6 Å². The number of phenols is 1. The topological polar surface area (TPSA) is 101 Å². The van der Waals surface area contributed by atoms with Crippen LogP contribution >= 0.6 is 27.5 Å². The highest BCUT2D eigenvalue weighted by Crippen LogP contribution is 2.27. The second-order valence-corrected chi connectivity index (χ2v) is 7.30. The Labute approximate surface area is 185 Å². The van der Waals surface area contributed by atoms with E-state index in [1.54, 1.807) is 43.3 Å². The van der Waals surface area contributed by atoms with Crippen LogP contribution in [-0.2, 0) is 4.74 Å². The summed E-state index contributed by atoms with van der Waals surface area (Å²) in [5, 5.41) is 13.9. The van der Waals surface area contributed by atoms with E-state index < -0.39 is 11.9 Å². The molecular formula is C21H16BrClN2O5. The Hall–Kier alpha value is -3.10. The molecule has 0 bridgehead atoms. The van der Waals surface area contributed by atoms with E-state index in [4.69, 9.17) is 20.8 Å². The molecule has 0 unspecified atom stereocenters. The molecule has 9 heteroatoms. The van der Waals surface area contributed by atoms with Gasteiger partial charge in [-0.1, -0.05) is 27.5 Å². The lowest BCUT2D eigenvalue weighted by Gasteiger charge is -2.05. The van der Waals surface area contributed by atoms with E-state index >= 15 is 0 Å². The number of hydrogen-bond donors (Lipinski definition) is 2. The Morgan fingerprint density at radius 3 is 2.77 bits per heavy atom. The number of hydrogen-bond acceptors (Lipinski definition) is 6. The van der Waals surface area contributed by atoms with E-state index in [2.05, 4.69) is 26.5 Å². The molecule has 1 heterocycles. The average Bonchev–Trinajstić information content (AvgIpc) is 3.19. The van der Waals surface area contributed by atoms with Crippen molar-refractivity contribution in [3.05, 3.63) is 74.9 Å². The van der Waals surface area contributed by atoms with E-state index in [1.165, 1.54) is 18.3 Å². The van der Waals surface area contributed by atoms with Gasteiger partial charge in [-0.05, 0) is 55.5 Å². The number of benzene rings is 2. The van der Waals surface area contributed by atoms with Crippen LogP contribution in [0.3, 0.4) is 0 Å². The van der Waals surface area contributed by atoms with Crippen molar-refractivity contribution in [2.75, 3.05) is 6.61 Å². The average molecular weight is 492 g/mol. The van der Waals surface area contributed by atoms with E-state index in [-0.39, 0.29) is 28.5 Å². The van der Waals surface area contributed by atoms with Crippen LogP contribution in [0.1, 0.15) is 33.4 Å². The minimum atomic E-state index is -0.575. The molecule has 0 aliphatic heterocycles. The molecule has 1 aromatic heterocycles. The third kappa shape index (κ3) is 5.08. The first-order chi connectivity index (χ1) is 14.4. The maximum Gasteiger partial charge on any atom is 0.339 e. The van der Waals surface area contributed by atoms with Crippen LogP contribution in [0.5, 0.6) is 5.75 Å². The molecule has 0 fully saturated rings. The van der Waals surface area contributed by atoms with E-state index in [1.807, 2.05) is 0 Å². The van der Waals surface area contributed by atoms with Crippen LogP contribution in [0.15, 0.2) is 62.5 Å². The number of hydrazone groups is 1. The molecule has 3 aromatic rings. The maximum absolute atomic E-state index is 12.1. The third-order valence-electron chi connectivity index (χ3n) is 3.93. The Morgan fingerprint density at radius 1 is 1.20 bits per heavy atom. The molecule has 0 atom stereocenters. The first-order valence-corrected chi connectivity index (χ1v) is 9.95. The summed E-state index contributed by atoms with van der Waals surface area (Å²) >= 11 is 9.32. The van der Waals surface area contributed by atoms with Crippen molar-refractivity contribution < 1.29 is 23.8 Å². The third-order valence-corrected chi connectivity index (χ3v) is 4.76. The van der Waals surface area contributed by atoms with Gasteiger partial charge >= 0.3 is 5.97 Å². The Morgan fingerprint density at radius 2 is 2.00 bits per heavy atom. The second-order valence-electron chi connectivity index (χ2n) is 5.98. The van der Waals surface area contributed by atoms with Gasteiger partial charge in [-0.15, -0.1) is 0 Å². The molecule has 1 amide bonds. The standard InChI is InChI=1S/C21H16BrClN2O5/c1-2-29-21(28)15-9-12(3-6-17(15)23)19-8-5-14(30-19)11-24-25-20(27)16-10-13(22)4-7-18(16)26/h3-11,26H,2H2,1H3,(H,25,27)/b24-11-. The minimum Gasteiger partial charge on any atom is -0.507 e. The van der Waals surface area contributed by atoms with Crippen LogP contribution in [0.25, 0.3) is 11.3 Å². The summed E-state index contributed by atoms with van der Waals surface area (Å²) in [6.07, 6.45) is 1.32. The number of ether oxygens (including phenoxy) is 1. The van der Waals surface area contributed by atoms with E-state index in [0.717, 1.165) is 0 Å². The summed E-state index contributed by atoms with van der Waals surface area (Å²) in [5.74, 6) is -0.401. The lowest BCUT2D eigenvalue weighted by molar-refractivity contribution is 0.0526. The summed E-state index contributed by atoms with van der Waals surface area (Å²) < 4.78 is 11.3. The lowest BCUT2D eigenvalue weighted by Crippen LogP contribution is -2.17. The highest BCUT2D eigenvalue weighted by molar-refractivity contribution is 9.10. The zero-order chi connectivity index (χ0) is 21.7. The number of phenolic OH excluding ortho intramolecular Hbond substituents is 1. The number of halogens is 2. The van der Waals surface area contributed by atoms with Crippen molar-refractivity contribution in [1.29, 1.82) is 0 Å². The number of esters is 1. The quantitative estimate of drug-likeness (QED) is 0.287. The molecule has 0 saturated carbocycles. The first-order valence-electron chi connectivity index (χ1n) is 8.78. The number of furan rings is 1. The molecule has 0 spiro atoms. The van der Waals surface area contributed by atoms with Crippen LogP contribution in [-0.4, -0.2) is 29.8 Å². The molecule has 30 heavy (non-hydrogen) atoms. The number of nitrogens with one attached hydrogen (secondary N) is 1. The van der Waals surface area contributed by atoms with Crippen LogP contribution in [0, 0.1) is 0 Å². The van der Waals surface area contributed by atoms with Crippen molar-refractivity contribution in [1.82, 2.24) is 5.43 Å². The molecular weight excluding hydrogens is 476 g/mol. The van der Waals surface area contributed by atoms with Gasteiger partial charge in [0.05, 0.1) is 29.0 Å². The number of rotatable bonds is 6. The van der Waals surface area contributed by atoms with Gasteiger partial charge in [0.15, 0.2) is 0 Å². The highest BCUT2D eigenvalue weighted by atomic mass is 79.9. The maximum atomic E-state index is 12.1. The van der Waals surface area contributed by atoms with Gasteiger partial charge < -0.3 is 14.3 Å². The molecule has 2 aromatic carbocycles. The SMILES string of the molecule is CCOC(=O)c1cc(-c2ccc(/C=N\NC(=O)c3cc(Br)ccc3O)o2)ccc1Cl. The van der Waals surface area contributed by atoms with Gasteiger partial charge in [0.2, 0.25) is 0 Å². The van der Waals surface area contributed by atoms with Gasteiger partial charge in [0, 0.05) is 10.0 Å². The number of carbonyl (C=O) groups excluding carboxylic acids is 2. The second kappa shape index (κ2) is 9.60. The summed E-state index contributed by atoms with van der Waals surface area (Å²) in [6, 6.07) is 12.7. The van der Waals surface area contributed by atoms with Crippen molar-refractivity contribution in [2.45, 2.75) is 6.92 Å². The van der Waals surface area contributed by atoms with Crippen LogP contribution in [0.4, 0.5) is 0 Å². The monoisotopic (exact) mass is 490 g/mol. The van der Waals surface area contributed by atoms with Crippen LogP contribution in [0.2, 0.25) is 5.02 Å². The number of carbonyl (C=O) groups is 2. The number of aromatic hydroxyl groups is 1. The molecule has 0 aliphatic rings. The molecule has 0 saturated heterocycles. The summed E-state index contributed by atoms with van der Waals surface area (Å²) in [6.45, 7) is 1.95. The van der Waals surface area contributed by atoms with Gasteiger partial charge in [-0.25, -0.2) is 10.2 Å². The normalized spacial score (nSPS) is 10.9. The lowest BCUT2D eigenvalue weighted by atomic mass is 10.1. The summed E-state index contributed by atoms with van der Waals surface area (Å²) in [7, 11) is 0. The molecule has 154 valence electrons. The summed E-state index contributed by atoms with van der Waals surface area (Å²) in [5.41, 5.74) is 3.27. The Bertz CT molecular complexity index is 1130. The molecule has 0 aliphatic carbocycles. The zero-order valence-corrected chi connectivity index (χ0v) is 18.0. The van der Waals surface area contributed by atoms with Crippen molar-refractivity contribution in [3.63, 3.8) is 0 Å². The summed E-state index contributed by atoms with van der Waals surface area (Å²) in [4.78, 5) is 24.1.